The molecule has 2 heteroatoms. The number of nitrogens with two attached hydrogens (primary N) is 1. The van der Waals surface area contributed by atoms with Crippen LogP contribution < -0.4 is 5.73 Å². The summed E-state index contributed by atoms with van der Waals surface area (Å²) in [6, 6.07) is 0.462. The van der Waals surface area contributed by atoms with Crippen molar-refractivity contribution in [2.24, 2.45) is 17.6 Å². The van der Waals surface area contributed by atoms with Crippen molar-refractivity contribution in [3.05, 3.63) is 0 Å². The van der Waals surface area contributed by atoms with Crippen LogP contribution in [0.2, 0.25) is 0 Å². The Kier molecular flexibility index (Phi) is 2.97. The molecule has 0 bridgehead atoms. The lowest BCUT2D eigenvalue weighted by atomic mass is 9.69. The van der Waals surface area contributed by atoms with Gasteiger partial charge in [0.05, 0.1) is 5.60 Å². The summed E-state index contributed by atoms with van der Waals surface area (Å²) in [5.74, 6) is 1.57. The van der Waals surface area contributed by atoms with Gasteiger partial charge in [0.1, 0.15) is 0 Å². The van der Waals surface area contributed by atoms with E-state index in [1.54, 1.807) is 0 Å². The number of hydrogen-bond donors (Lipinski definition) is 1. The average molecular weight is 223 g/mol. The zero-order chi connectivity index (χ0) is 11.0. The van der Waals surface area contributed by atoms with E-state index in [0.29, 0.717) is 6.04 Å². The van der Waals surface area contributed by atoms with Gasteiger partial charge >= 0.3 is 0 Å². The third kappa shape index (κ3) is 1.91. The van der Waals surface area contributed by atoms with Crippen LogP contribution in [0.15, 0.2) is 0 Å². The van der Waals surface area contributed by atoms with E-state index in [1.807, 2.05) is 0 Å². The third-order valence-electron chi connectivity index (χ3n) is 5.28. The highest BCUT2D eigenvalue weighted by Crippen LogP contribution is 2.46. The molecular formula is C14H25NO. The summed E-state index contributed by atoms with van der Waals surface area (Å²) in [6.07, 6.45) is 12.0. The topological polar surface area (TPSA) is 35.2 Å². The molecule has 16 heavy (non-hydrogen) atoms. The predicted molar refractivity (Wildman–Crippen MR) is 65.2 cm³/mol. The molecule has 0 aromatic carbocycles. The van der Waals surface area contributed by atoms with Crippen LogP contribution >= 0.6 is 0 Å². The average Bonchev–Trinajstić information content (AvgIpc) is 2.79. The summed E-state index contributed by atoms with van der Waals surface area (Å²) < 4.78 is 5.99. The summed E-state index contributed by atoms with van der Waals surface area (Å²) in [5, 5.41) is 0. The summed E-state index contributed by atoms with van der Waals surface area (Å²) in [5.41, 5.74) is 6.77. The summed E-state index contributed by atoms with van der Waals surface area (Å²) in [6.45, 7) is 0.963. The van der Waals surface area contributed by atoms with Crippen LogP contribution in [0, 0.1) is 11.8 Å². The van der Waals surface area contributed by atoms with Crippen LogP contribution in [-0.4, -0.2) is 18.2 Å². The Morgan fingerprint density at radius 3 is 2.38 bits per heavy atom. The number of hydrogen-bond acceptors (Lipinski definition) is 2. The fourth-order valence-corrected chi connectivity index (χ4v) is 4.04. The first kappa shape index (κ1) is 11.0. The van der Waals surface area contributed by atoms with E-state index in [-0.39, 0.29) is 5.60 Å². The molecular weight excluding hydrogens is 198 g/mol. The quantitative estimate of drug-likeness (QED) is 0.781. The number of rotatable bonds is 2. The minimum atomic E-state index is 0.277. The van der Waals surface area contributed by atoms with Crippen molar-refractivity contribution in [3.8, 4) is 0 Å². The largest absolute Gasteiger partial charge is 0.375 e. The Morgan fingerprint density at radius 2 is 1.75 bits per heavy atom. The molecule has 2 aliphatic carbocycles. The zero-order valence-corrected chi connectivity index (χ0v) is 10.3. The van der Waals surface area contributed by atoms with Crippen molar-refractivity contribution in [1.82, 2.24) is 0 Å². The molecule has 2 unspecified atom stereocenters. The Hall–Kier alpha value is -0.0800. The van der Waals surface area contributed by atoms with Crippen molar-refractivity contribution in [3.63, 3.8) is 0 Å². The maximum absolute atomic E-state index is 6.50. The highest BCUT2D eigenvalue weighted by atomic mass is 16.5. The van der Waals surface area contributed by atoms with Gasteiger partial charge in [-0.1, -0.05) is 12.8 Å². The van der Waals surface area contributed by atoms with Gasteiger partial charge in [0.2, 0.25) is 0 Å². The predicted octanol–water partition coefficient (Wildman–Crippen LogP) is 2.85. The lowest BCUT2D eigenvalue weighted by Gasteiger charge is -2.49. The third-order valence-corrected chi connectivity index (χ3v) is 5.28. The van der Waals surface area contributed by atoms with E-state index >= 15 is 0 Å². The molecule has 0 aromatic rings. The molecule has 1 spiro atoms. The first-order chi connectivity index (χ1) is 7.79. The van der Waals surface area contributed by atoms with Crippen molar-refractivity contribution in [2.75, 3.05) is 6.61 Å². The Labute approximate surface area is 98.9 Å². The Bertz CT molecular complexity index is 243. The molecule has 2 N–H and O–H groups in total. The maximum Gasteiger partial charge on any atom is 0.0685 e. The van der Waals surface area contributed by atoms with Gasteiger partial charge in [-0.15, -0.1) is 0 Å². The van der Waals surface area contributed by atoms with Crippen molar-refractivity contribution in [2.45, 2.75) is 69.4 Å². The smallest absolute Gasteiger partial charge is 0.0685 e. The van der Waals surface area contributed by atoms with Gasteiger partial charge in [0, 0.05) is 12.6 Å². The molecule has 1 saturated heterocycles. The second-order valence-electron chi connectivity index (χ2n) is 6.26. The van der Waals surface area contributed by atoms with Crippen LogP contribution in [0.25, 0.3) is 0 Å². The van der Waals surface area contributed by atoms with Crippen molar-refractivity contribution < 1.29 is 4.74 Å². The normalized spacial score (nSPS) is 36.2. The summed E-state index contributed by atoms with van der Waals surface area (Å²) in [7, 11) is 0. The molecule has 2 atom stereocenters. The van der Waals surface area contributed by atoms with E-state index in [9.17, 15) is 0 Å². The molecule has 1 heterocycles. The molecule has 92 valence electrons. The van der Waals surface area contributed by atoms with Gasteiger partial charge in [-0.2, -0.15) is 0 Å². The van der Waals surface area contributed by atoms with Crippen molar-refractivity contribution in [1.29, 1.82) is 0 Å². The van der Waals surface area contributed by atoms with Crippen LogP contribution in [0.4, 0.5) is 0 Å². The molecule has 2 saturated carbocycles. The Balaban J connectivity index is 1.60. The molecule has 0 radical (unpaired) electrons. The molecule has 3 aliphatic rings. The second-order valence-corrected chi connectivity index (χ2v) is 6.26. The van der Waals surface area contributed by atoms with Crippen LogP contribution in [-0.2, 0) is 4.74 Å². The molecule has 1 aliphatic heterocycles. The van der Waals surface area contributed by atoms with Gasteiger partial charge in [0.15, 0.2) is 0 Å². The monoisotopic (exact) mass is 223 g/mol. The number of ether oxygens (including phenoxy) is 1. The lowest BCUT2D eigenvalue weighted by Crippen LogP contribution is -2.50. The Morgan fingerprint density at radius 1 is 1.00 bits per heavy atom. The molecule has 2 nitrogen and oxygen atoms in total. The van der Waals surface area contributed by atoms with Gasteiger partial charge in [-0.25, -0.2) is 0 Å². The molecule has 0 amide bonds. The van der Waals surface area contributed by atoms with Gasteiger partial charge < -0.3 is 10.5 Å². The zero-order valence-electron chi connectivity index (χ0n) is 10.3. The molecule has 3 rings (SSSR count). The SMILES string of the molecule is NC(C1CCCC1)C1CCOC2(CCC2)C1. The molecule has 3 fully saturated rings. The van der Waals surface area contributed by atoms with Gasteiger partial charge in [0.25, 0.3) is 0 Å². The van der Waals surface area contributed by atoms with Gasteiger partial charge in [-0.05, 0) is 56.8 Å². The van der Waals surface area contributed by atoms with E-state index < -0.39 is 0 Å². The highest BCUT2D eigenvalue weighted by molar-refractivity contribution is 4.97. The van der Waals surface area contributed by atoms with E-state index in [2.05, 4.69) is 0 Å². The second kappa shape index (κ2) is 4.30. The van der Waals surface area contributed by atoms with Crippen LogP contribution in [0.5, 0.6) is 0 Å². The van der Waals surface area contributed by atoms with Crippen molar-refractivity contribution >= 4 is 0 Å². The minimum absolute atomic E-state index is 0.277. The fourth-order valence-electron chi connectivity index (χ4n) is 4.04. The lowest BCUT2D eigenvalue weighted by molar-refractivity contribution is -0.147. The van der Waals surface area contributed by atoms with E-state index in [0.717, 1.165) is 18.4 Å². The highest BCUT2D eigenvalue weighted by Gasteiger charge is 2.44. The van der Waals surface area contributed by atoms with E-state index in [1.165, 1.54) is 57.8 Å². The van der Waals surface area contributed by atoms with E-state index in [4.69, 9.17) is 10.5 Å². The van der Waals surface area contributed by atoms with Crippen LogP contribution in [0.3, 0.4) is 0 Å². The summed E-state index contributed by atoms with van der Waals surface area (Å²) in [4.78, 5) is 0. The van der Waals surface area contributed by atoms with Crippen LogP contribution in [0.1, 0.15) is 57.8 Å². The maximum atomic E-state index is 6.50. The minimum Gasteiger partial charge on any atom is -0.375 e. The standard InChI is InChI=1S/C14H25NO/c15-13(11-4-1-2-5-11)12-6-9-16-14(10-12)7-3-8-14/h11-13H,1-10,15H2. The first-order valence-electron chi connectivity index (χ1n) is 7.19. The summed E-state index contributed by atoms with van der Waals surface area (Å²) >= 11 is 0. The molecule has 0 aromatic heterocycles. The van der Waals surface area contributed by atoms with Gasteiger partial charge in [-0.3, -0.25) is 0 Å². The fraction of sp³-hybridized carbons (Fsp3) is 1.00. The first-order valence-corrected chi connectivity index (χ1v) is 7.19.